The van der Waals surface area contributed by atoms with Crippen molar-refractivity contribution in [1.82, 2.24) is 0 Å². The monoisotopic (exact) mass is 774 g/mol. The van der Waals surface area contributed by atoms with Gasteiger partial charge in [-0.3, -0.25) is 0 Å². The third-order valence-electron chi connectivity index (χ3n) is 11.4. The predicted molar refractivity (Wildman–Crippen MR) is 241 cm³/mol. The molecule has 5 heteroatoms. The van der Waals surface area contributed by atoms with Gasteiger partial charge in [-0.25, -0.2) is 0 Å². The number of rotatable bonds is 7. The largest absolute Gasteiger partial charge is 0.486 e. The average molecular weight is 775 g/mol. The van der Waals surface area contributed by atoms with E-state index >= 15 is 0 Å². The molecule has 1 aliphatic carbocycles. The summed E-state index contributed by atoms with van der Waals surface area (Å²) in [6.45, 7) is 21.4. The highest BCUT2D eigenvalue weighted by Gasteiger charge is 2.32. The van der Waals surface area contributed by atoms with Crippen LogP contribution < -0.4 is 19.3 Å². The number of halogens is 1. The second-order valence-corrected chi connectivity index (χ2v) is 19.1. The quantitative estimate of drug-likeness (QED) is 0.161. The molecule has 292 valence electrons. The molecule has 0 unspecified atom stereocenters. The average Bonchev–Trinajstić information content (AvgIpc) is 3.49. The molecule has 57 heavy (non-hydrogen) atoms. The number of hydrogen-bond donors (Lipinski definition) is 0. The first-order valence-electron chi connectivity index (χ1n) is 20.3. The summed E-state index contributed by atoms with van der Waals surface area (Å²) in [5.74, 6) is 1.48. The minimum atomic E-state index is 0.0253. The number of benzene rings is 6. The summed E-state index contributed by atoms with van der Waals surface area (Å²) in [4.78, 5) is 4.65. The fourth-order valence-electron chi connectivity index (χ4n) is 8.41. The molecule has 1 heterocycles. The Morgan fingerprint density at radius 2 is 1.05 bits per heavy atom. The van der Waals surface area contributed by atoms with Gasteiger partial charge >= 0.3 is 0 Å². The maximum atomic E-state index is 7.94. The summed E-state index contributed by atoms with van der Waals surface area (Å²) in [5, 5.41) is 0.648. The topological polar surface area (TPSA) is 24.9 Å². The highest BCUT2D eigenvalue weighted by molar-refractivity contribution is 6.37. The second kappa shape index (κ2) is 14.6. The molecule has 0 bridgehead atoms. The fourth-order valence-corrected chi connectivity index (χ4v) is 8.68. The first kappa shape index (κ1) is 38.7. The summed E-state index contributed by atoms with van der Waals surface area (Å²) >= 11 is 7.94. The standard InChI is InChI=1S/C52H55ClN2O2/c1-34-27-45(54(40-21-16-38(17-22-40)50(2,3)4)41-23-18-39(19-24-41)51(5,6)7)49(53)46(28-34)55(42-20-15-36-32-52(8,9)33-37(36)29-42)44-31-48-47(56-25-26-57-48)30-43(44)35-13-11-10-12-14-35/h10-24,27-31H,25-26,32-33H2,1-9H3. The van der Waals surface area contributed by atoms with Gasteiger partial charge in [-0.15, -0.1) is 0 Å². The van der Waals surface area contributed by atoms with Crippen LogP contribution in [0.2, 0.25) is 5.02 Å². The van der Waals surface area contributed by atoms with Crippen molar-refractivity contribution in [2.24, 2.45) is 5.41 Å². The van der Waals surface area contributed by atoms with E-state index in [9.17, 15) is 0 Å². The van der Waals surface area contributed by atoms with Crippen LogP contribution in [0.25, 0.3) is 11.1 Å². The van der Waals surface area contributed by atoms with Gasteiger partial charge in [-0.05, 0) is 124 Å². The van der Waals surface area contributed by atoms with E-state index in [1.807, 2.05) is 0 Å². The first-order valence-corrected chi connectivity index (χ1v) is 20.7. The molecule has 1 aliphatic heterocycles. The van der Waals surface area contributed by atoms with Gasteiger partial charge in [0.05, 0.1) is 22.1 Å². The summed E-state index contributed by atoms with van der Waals surface area (Å²) in [5.41, 5.74) is 14.7. The van der Waals surface area contributed by atoms with Crippen LogP contribution in [-0.4, -0.2) is 13.2 Å². The van der Waals surface area contributed by atoms with E-state index in [-0.39, 0.29) is 16.2 Å². The zero-order valence-electron chi connectivity index (χ0n) is 35.0. The minimum Gasteiger partial charge on any atom is -0.486 e. The van der Waals surface area contributed by atoms with Crippen LogP contribution in [-0.2, 0) is 23.7 Å². The van der Waals surface area contributed by atoms with Crippen molar-refractivity contribution in [3.05, 3.63) is 154 Å². The van der Waals surface area contributed by atoms with Crippen molar-refractivity contribution >= 4 is 45.7 Å². The summed E-state index contributed by atoms with van der Waals surface area (Å²) in [6.07, 6.45) is 2.08. The van der Waals surface area contributed by atoms with Crippen molar-refractivity contribution in [2.45, 2.75) is 86.0 Å². The Bertz CT molecular complexity index is 2360. The highest BCUT2D eigenvalue weighted by Crippen LogP contribution is 2.52. The number of ether oxygens (including phenoxy) is 2. The Hall–Kier alpha value is -5.19. The van der Waals surface area contributed by atoms with Crippen molar-refractivity contribution in [1.29, 1.82) is 0 Å². The van der Waals surface area contributed by atoms with Gasteiger partial charge in [0.15, 0.2) is 11.5 Å². The van der Waals surface area contributed by atoms with E-state index < -0.39 is 0 Å². The Morgan fingerprint density at radius 3 is 1.61 bits per heavy atom. The molecule has 0 spiro atoms. The van der Waals surface area contributed by atoms with Gasteiger partial charge in [0.1, 0.15) is 13.2 Å². The lowest BCUT2D eigenvalue weighted by atomic mass is 9.86. The molecule has 6 aromatic carbocycles. The number of anilines is 6. The molecule has 2 aliphatic rings. The zero-order chi connectivity index (χ0) is 40.3. The van der Waals surface area contributed by atoms with Crippen LogP contribution in [0.5, 0.6) is 11.5 Å². The van der Waals surface area contributed by atoms with Crippen molar-refractivity contribution in [2.75, 3.05) is 23.0 Å². The van der Waals surface area contributed by atoms with Crippen LogP contribution in [0, 0.1) is 12.3 Å². The van der Waals surface area contributed by atoms with Crippen molar-refractivity contribution in [3.63, 3.8) is 0 Å². The molecule has 0 saturated carbocycles. The van der Waals surface area contributed by atoms with Crippen LogP contribution in [0.1, 0.15) is 83.2 Å². The first-order chi connectivity index (χ1) is 27.1. The van der Waals surface area contributed by atoms with E-state index in [0.29, 0.717) is 18.2 Å². The number of fused-ring (bicyclic) bond motifs is 2. The van der Waals surface area contributed by atoms with Crippen molar-refractivity contribution < 1.29 is 9.47 Å². The van der Waals surface area contributed by atoms with Gasteiger partial charge in [0.25, 0.3) is 0 Å². The van der Waals surface area contributed by atoms with Gasteiger partial charge in [0.2, 0.25) is 0 Å². The third-order valence-corrected chi connectivity index (χ3v) is 11.8. The summed E-state index contributed by atoms with van der Waals surface area (Å²) in [7, 11) is 0. The molecule has 6 aromatic rings. The Morgan fingerprint density at radius 1 is 0.544 bits per heavy atom. The van der Waals surface area contributed by atoms with Gasteiger partial charge < -0.3 is 19.3 Å². The molecule has 0 atom stereocenters. The molecule has 0 amide bonds. The van der Waals surface area contributed by atoms with E-state index in [1.165, 1.54) is 22.3 Å². The van der Waals surface area contributed by atoms with Crippen molar-refractivity contribution in [3.8, 4) is 22.6 Å². The van der Waals surface area contributed by atoms with Gasteiger partial charge in [0, 0.05) is 28.7 Å². The number of nitrogens with zero attached hydrogens (tertiary/aromatic N) is 2. The molecule has 0 N–H and O–H groups in total. The molecule has 8 rings (SSSR count). The van der Waals surface area contributed by atoms with Crippen LogP contribution in [0.4, 0.5) is 34.1 Å². The summed E-state index contributed by atoms with van der Waals surface area (Å²) in [6, 6.07) is 44.1. The Kier molecular flexibility index (Phi) is 9.93. The van der Waals surface area contributed by atoms with Crippen LogP contribution in [0.15, 0.2) is 121 Å². The fraction of sp³-hybridized carbons (Fsp3) is 0.308. The smallest absolute Gasteiger partial charge is 0.163 e. The van der Waals surface area contributed by atoms with Gasteiger partial charge in [-0.1, -0.05) is 128 Å². The maximum Gasteiger partial charge on any atom is 0.163 e. The normalized spacial score (nSPS) is 14.6. The molecule has 0 radical (unpaired) electrons. The third kappa shape index (κ3) is 7.77. The second-order valence-electron chi connectivity index (χ2n) is 18.7. The van der Waals surface area contributed by atoms with E-state index in [2.05, 4.69) is 193 Å². The lowest BCUT2D eigenvalue weighted by molar-refractivity contribution is 0.172. The molecule has 0 saturated heterocycles. The van der Waals surface area contributed by atoms with Crippen LogP contribution >= 0.6 is 11.6 Å². The lowest BCUT2D eigenvalue weighted by Gasteiger charge is -2.34. The Labute approximate surface area is 345 Å². The lowest BCUT2D eigenvalue weighted by Crippen LogP contribution is -2.18. The van der Waals surface area contributed by atoms with E-state index in [4.69, 9.17) is 21.1 Å². The maximum absolute atomic E-state index is 7.94. The summed E-state index contributed by atoms with van der Waals surface area (Å²) < 4.78 is 12.5. The van der Waals surface area contributed by atoms with Gasteiger partial charge in [-0.2, -0.15) is 0 Å². The van der Waals surface area contributed by atoms with E-state index in [0.717, 1.165) is 75.2 Å². The molecule has 4 nitrogen and oxygen atoms in total. The molecule has 0 aromatic heterocycles. The van der Waals surface area contributed by atoms with E-state index in [1.54, 1.807) is 0 Å². The molecule has 0 fully saturated rings. The van der Waals surface area contributed by atoms with Crippen LogP contribution in [0.3, 0.4) is 0 Å². The molecular formula is C52H55ClN2O2. The number of aryl methyl sites for hydroxylation is 1. The highest BCUT2D eigenvalue weighted by atomic mass is 35.5. The SMILES string of the molecule is Cc1cc(N(c2ccc(C(C)(C)C)cc2)c2ccc(C(C)(C)C)cc2)c(Cl)c(N(c2ccc3c(c2)CC(C)(C)C3)c2cc3c(cc2-c2ccccc2)OCCO3)c1. The minimum absolute atomic E-state index is 0.0253. The zero-order valence-corrected chi connectivity index (χ0v) is 35.7. The Balaban J connectivity index is 1.38. The number of hydrogen-bond acceptors (Lipinski definition) is 4. The molecular weight excluding hydrogens is 720 g/mol. The predicted octanol–water partition coefficient (Wildman–Crippen LogP) is 14.7.